The summed E-state index contributed by atoms with van der Waals surface area (Å²) in [5.74, 6) is -2.64. The topological polar surface area (TPSA) is 189 Å². The SMILES string of the molecule is C[C@H](NC(=O)c1c(N)nn2cccnc12)c1cc(Cl)c2c(Cl)ncn2c1N1CCNS(=O)(=O)CC1.O=C(O)C(F)(F)F. The van der Waals surface area contributed by atoms with E-state index in [2.05, 4.69) is 25.1 Å². The molecular weight excluding hydrogens is 630 g/mol. The highest BCUT2D eigenvalue weighted by Crippen LogP contribution is 2.36. The Labute approximate surface area is 245 Å². The van der Waals surface area contributed by atoms with E-state index >= 15 is 0 Å². The Bertz CT molecular complexity index is 1780. The molecule has 42 heavy (non-hydrogen) atoms. The zero-order valence-electron chi connectivity index (χ0n) is 21.4. The maximum absolute atomic E-state index is 13.2. The van der Waals surface area contributed by atoms with Crippen LogP contribution in [-0.2, 0) is 14.8 Å². The van der Waals surface area contributed by atoms with Gasteiger partial charge in [0.2, 0.25) is 10.0 Å². The van der Waals surface area contributed by atoms with Crippen molar-refractivity contribution < 1.29 is 36.3 Å². The van der Waals surface area contributed by atoms with E-state index < -0.39 is 34.1 Å². The van der Waals surface area contributed by atoms with Crippen LogP contribution in [0.1, 0.15) is 28.9 Å². The number of fused-ring (bicyclic) bond motifs is 2. The average Bonchev–Trinajstić information content (AvgIpc) is 3.39. The summed E-state index contributed by atoms with van der Waals surface area (Å²) in [6, 6.07) is 2.82. The molecule has 226 valence electrons. The highest BCUT2D eigenvalue weighted by molar-refractivity contribution is 7.89. The number of amides is 1. The number of carbonyl (C=O) groups excluding carboxylic acids is 1. The molecule has 0 aliphatic carbocycles. The minimum atomic E-state index is -5.08. The van der Waals surface area contributed by atoms with Crippen LogP contribution in [0.25, 0.3) is 11.2 Å². The fraction of sp³-hybridized carbons (Fsp3) is 0.318. The number of alkyl halides is 3. The van der Waals surface area contributed by atoms with Crippen LogP contribution in [0.3, 0.4) is 0 Å². The first-order valence-corrected chi connectivity index (χ1v) is 14.3. The number of anilines is 2. The maximum atomic E-state index is 13.2. The maximum Gasteiger partial charge on any atom is 0.490 e. The molecule has 0 aromatic carbocycles. The van der Waals surface area contributed by atoms with Crippen molar-refractivity contribution in [2.24, 2.45) is 0 Å². The first-order valence-electron chi connectivity index (χ1n) is 11.9. The predicted octanol–water partition coefficient (Wildman–Crippen LogP) is 2.13. The minimum Gasteiger partial charge on any atom is -0.475 e. The van der Waals surface area contributed by atoms with Gasteiger partial charge in [0.05, 0.1) is 16.8 Å². The number of nitrogens with one attached hydrogen (secondary N) is 2. The first-order chi connectivity index (χ1) is 19.6. The smallest absolute Gasteiger partial charge is 0.475 e. The number of imidazole rings is 1. The van der Waals surface area contributed by atoms with Gasteiger partial charge >= 0.3 is 12.1 Å². The lowest BCUT2D eigenvalue weighted by Gasteiger charge is -2.28. The second kappa shape index (κ2) is 11.8. The standard InChI is InChI=1S/C20H21Cl2N9O3S.C2HF3O2/c1-11(27-19(32)14-17(23)28-31-5-2-3-24-18(14)31)12-9-13(21)15-16(22)25-10-30(15)20(12)29-6-4-26-35(33,34)8-7-29;3-2(4,5)1(6)7/h2-3,5,9-11,26H,4,6-8H2,1H3,(H2,23,28)(H,27,32);(H,6,7)/t11-;/m0./s1. The van der Waals surface area contributed by atoms with E-state index in [4.69, 9.17) is 38.8 Å². The fourth-order valence-electron chi connectivity index (χ4n) is 4.19. The van der Waals surface area contributed by atoms with Crippen molar-refractivity contribution in [1.29, 1.82) is 0 Å². The van der Waals surface area contributed by atoms with Crippen molar-refractivity contribution in [3.8, 4) is 0 Å². The molecule has 4 aromatic rings. The molecule has 0 bridgehead atoms. The van der Waals surface area contributed by atoms with Crippen molar-refractivity contribution >= 4 is 67.9 Å². The van der Waals surface area contributed by atoms with Crippen LogP contribution < -0.4 is 20.7 Å². The van der Waals surface area contributed by atoms with Crippen molar-refractivity contribution in [1.82, 2.24) is 34.0 Å². The van der Waals surface area contributed by atoms with Gasteiger partial charge in [-0.1, -0.05) is 23.2 Å². The lowest BCUT2D eigenvalue weighted by atomic mass is 10.1. The number of aliphatic carboxylic acids is 1. The summed E-state index contributed by atoms with van der Waals surface area (Å²) in [6.07, 6.45) is -0.363. The number of halogens is 5. The van der Waals surface area contributed by atoms with Gasteiger partial charge in [0.25, 0.3) is 5.91 Å². The van der Waals surface area contributed by atoms with Gasteiger partial charge in [-0.2, -0.15) is 13.2 Å². The van der Waals surface area contributed by atoms with Crippen molar-refractivity contribution in [3.63, 3.8) is 0 Å². The van der Waals surface area contributed by atoms with E-state index in [0.29, 0.717) is 34.1 Å². The number of nitrogen functional groups attached to an aromatic ring is 1. The summed E-state index contributed by atoms with van der Waals surface area (Å²) in [5, 5.41) is 14.8. The monoisotopic (exact) mass is 651 g/mol. The fourth-order valence-corrected chi connectivity index (χ4v) is 5.78. The molecule has 5 N–H and O–H groups in total. The number of carbonyl (C=O) groups is 2. The Morgan fingerprint density at radius 3 is 2.60 bits per heavy atom. The molecule has 1 aliphatic rings. The van der Waals surface area contributed by atoms with Gasteiger partial charge in [-0.15, -0.1) is 5.10 Å². The highest BCUT2D eigenvalue weighted by Gasteiger charge is 2.38. The molecule has 1 fully saturated rings. The Morgan fingerprint density at radius 2 is 1.93 bits per heavy atom. The largest absolute Gasteiger partial charge is 0.490 e. The van der Waals surface area contributed by atoms with Crippen molar-refractivity contribution in [2.75, 3.05) is 36.0 Å². The van der Waals surface area contributed by atoms with Crippen LogP contribution in [0.5, 0.6) is 0 Å². The van der Waals surface area contributed by atoms with Gasteiger partial charge in [0.1, 0.15) is 23.2 Å². The summed E-state index contributed by atoms with van der Waals surface area (Å²) in [4.78, 5) is 32.4. The molecule has 20 heteroatoms. The van der Waals surface area contributed by atoms with Crippen LogP contribution in [-0.4, -0.2) is 80.9 Å². The molecule has 4 aromatic heterocycles. The van der Waals surface area contributed by atoms with Gasteiger partial charge in [-0.05, 0) is 19.1 Å². The number of aromatic nitrogens is 5. The van der Waals surface area contributed by atoms with Crippen molar-refractivity contribution in [2.45, 2.75) is 19.1 Å². The molecule has 0 radical (unpaired) electrons. The molecule has 1 saturated heterocycles. The van der Waals surface area contributed by atoms with E-state index in [1.165, 1.54) is 10.8 Å². The minimum absolute atomic E-state index is 0.0484. The number of carboxylic acids is 1. The quantitative estimate of drug-likeness (QED) is 0.254. The van der Waals surface area contributed by atoms with Crippen LogP contribution in [0.2, 0.25) is 10.2 Å². The molecule has 1 aliphatic heterocycles. The molecular formula is C22H22Cl2F3N9O5S. The Kier molecular flexibility index (Phi) is 8.72. The molecule has 0 unspecified atom stereocenters. The zero-order chi connectivity index (χ0) is 31.0. The highest BCUT2D eigenvalue weighted by atomic mass is 35.5. The predicted molar refractivity (Wildman–Crippen MR) is 146 cm³/mol. The van der Waals surface area contributed by atoms with Gasteiger partial charge in [-0.25, -0.2) is 32.4 Å². The molecule has 0 saturated carbocycles. The summed E-state index contributed by atoms with van der Waals surface area (Å²) < 4.78 is 61.7. The van der Waals surface area contributed by atoms with Crippen molar-refractivity contribution in [3.05, 3.63) is 52.2 Å². The molecule has 5 rings (SSSR count). The third-order valence-electron chi connectivity index (χ3n) is 6.06. The molecule has 5 heterocycles. The lowest BCUT2D eigenvalue weighted by Crippen LogP contribution is -2.34. The third-order valence-corrected chi connectivity index (χ3v) is 7.99. The van der Waals surface area contributed by atoms with E-state index in [-0.39, 0.29) is 35.4 Å². The van der Waals surface area contributed by atoms with Gasteiger partial charge < -0.3 is 21.1 Å². The number of carboxylic acid groups (broad SMARTS) is 1. The van der Waals surface area contributed by atoms with Crippen LogP contribution in [0.4, 0.5) is 24.8 Å². The number of nitrogens with two attached hydrogens (primary N) is 1. The molecule has 1 atom stereocenters. The Morgan fingerprint density at radius 1 is 1.24 bits per heavy atom. The second-order valence-electron chi connectivity index (χ2n) is 8.87. The number of hydrogen-bond donors (Lipinski definition) is 4. The Balaban J connectivity index is 0.000000517. The van der Waals surface area contributed by atoms with E-state index in [0.717, 1.165) is 0 Å². The van der Waals surface area contributed by atoms with Crippen LogP contribution in [0.15, 0.2) is 30.9 Å². The van der Waals surface area contributed by atoms with E-state index in [9.17, 15) is 26.4 Å². The average molecular weight is 652 g/mol. The molecule has 1 amide bonds. The van der Waals surface area contributed by atoms with Crippen LogP contribution >= 0.6 is 23.2 Å². The molecule has 14 nitrogen and oxygen atoms in total. The number of hydrogen-bond acceptors (Lipinski definition) is 9. The number of pyridine rings is 1. The van der Waals surface area contributed by atoms with E-state index in [1.54, 1.807) is 35.9 Å². The number of rotatable bonds is 4. The second-order valence-corrected chi connectivity index (χ2v) is 11.6. The summed E-state index contributed by atoms with van der Waals surface area (Å²) >= 11 is 12.8. The number of nitrogens with zero attached hydrogens (tertiary/aromatic N) is 6. The van der Waals surface area contributed by atoms with Gasteiger partial charge in [0, 0.05) is 37.6 Å². The summed E-state index contributed by atoms with van der Waals surface area (Å²) in [7, 11) is -3.39. The third kappa shape index (κ3) is 6.45. The summed E-state index contributed by atoms with van der Waals surface area (Å²) in [5.41, 5.74) is 7.62. The molecule has 0 spiro atoms. The van der Waals surface area contributed by atoms with E-state index in [1.807, 2.05) is 4.90 Å². The Hall–Kier alpha value is -3.87. The van der Waals surface area contributed by atoms with Gasteiger partial charge in [0.15, 0.2) is 16.6 Å². The normalized spacial score (nSPS) is 16.0. The lowest BCUT2D eigenvalue weighted by molar-refractivity contribution is -0.192. The zero-order valence-corrected chi connectivity index (χ0v) is 23.8. The summed E-state index contributed by atoms with van der Waals surface area (Å²) in [6.45, 7) is 2.63. The van der Waals surface area contributed by atoms with Crippen LogP contribution in [0, 0.1) is 0 Å². The van der Waals surface area contributed by atoms with Gasteiger partial charge in [-0.3, -0.25) is 9.20 Å². The first kappa shape index (κ1) is 31.1. The number of sulfonamides is 1.